The Morgan fingerprint density at radius 1 is 0.921 bits per heavy atom. The standard InChI is InChI=1S/C28H40N4O3S2.ClH/c1-7-9-15-31(16-10-8-2)37(34,35)24-13-11-23(12-14-24)27(33)32(18-17-30(5)6)28-29-25-20-21(3)19-22(4)26(25)36-28;/h11-14,19-20H,7-10,15-18H2,1-6H3;1H. The van der Waals surface area contributed by atoms with Gasteiger partial charge in [0, 0.05) is 31.7 Å². The third-order valence-corrected chi connectivity index (χ3v) is 9.46. The van der Waals surface area contributed by atoms with Crippen molar-refractivity contribution in [3.05, 3.63) is 53.1 Å². The number of aromatic nitrogens is 1. The van der Waals surface area contributed by atoms with Gasteiger partial charge >= 0.3 is 0 Å². The highest BCUT2D eigenvalue weighted by atomic mass is 35.5. The predicted octanol–water partition coefficient (Wildman–Crippen LogP) is 6.13. The second-order valence-electron chi connectivity index (χ2n) is 9.82. The number of nitrogens with zero attached hydrogens (tertiary/aromatic N) is 4. The highest BCUT2D eigenvalue weighted by Crippen LogP contribution is 2.33. The van der Waals surface area contributed by atoms with Crippen LogP contribution in [-0.2, 0) is 10.0 Å². The number of hydrogen-bond acceptors (Lipinski definition) is 6. The van der Waals surface area contributed by atoms with Gasteiger partial charge in [0.1, 0.15) is 0 Å². The van der Waals surface area contributed by atoms with Gasteiger partial charge in [0.25, 0.3) is 5.91 Å². The number of carbonyl (C=O) groups excluding carboxylic acids is 1. The third kappa shape index (κ3) is 7.76. The fourth-order valence-electron chi connectivity index (χ4n) is 4.16. The molecule has 7 nitrogen and oxygen atoms in total. The number of anilines is 1. The lowest BCUT2D eigenvalue weighted by molar-refractivity contribution is 0.0985. The number of unbranched alkanes of at least 4 members (excludes halogenated alkanes) is 2. The summed E-state index contributed by atoms with van der Waals surface area (Å²) in [4.78, 5) is 22.4. The number of benzene rings is 2. The van der Waals surface area contributed by atoms with Crippen molar-refractivity contribution in [2.24, 2.45) is 0 Å². The summed E-state index contributed by atoms with van der Waals surface area (Å²) in [6.07, 6.45) is 3.50. The van der Waals surface area contributed by atoms with Crippen LogP contribution in [0.2, 0.25) is 0 Å². The van der Waals surface area contributed by atoms with Crippen molar-refractivity contribution in [3.63, 3.8) is 0 Å². The predicted molar refractivity (Wildman–Crippen MR) is 162 cm³/mol. The van der Waals surface area contributed by atoms with E-state index in [2.05, 4.69) is 26.8 Å². The molecule has 0 N–H and O–H groups in total. The summed E-state index contributed by atoms with van der Waals surface area (Å²) in [7, 11) is 0.322. The second-order valence-corrected chi connectivity index (χ2v) is 12.7. The Bertz CT molecular complexity index is 1300. The summed E-state index contributed by atoms with van der Waals surface area (Å²) >= 11 is 1.51. The van der Waals surface area contributed by atoms with Crippen molar-refractivity contribution in [2.75, 3.05) is 45.2 Å². The molecule has 0 saturated heterocycles. The van der Waals surface area contributed by atoms with Crippen molar-refractivity contribution in [1.82, 2.24) is 14.2 Å². The number of carbonyl (C=O) groups is 1. The molecule has 1 heterocycles. The van der Waals surface area contributed by atoms with Gasteiger partial charge in [-0.25, -0.2) is 13.4 Å². The first-order chi connectivity index (χ1) is 17.6. The van der Waals surface area contributed by atoms with Crippen molar-refractivity contribution in [1.29, 1.82) is 0 Å². The zero-order valence-electron chi connectivity index (χ0n) is 23.4. The Morgan fingerprint density at radius 3 is 2.08 bits per heavy atom. The Kier molecular flexibility index (Phi) is 12.2. The van der Waals surface area contributed by atoms with Crippen LogP contribution in [0.25, 0.3) is 10.2 Å². The molecule has 0 spiro atoms. The third-order valence-electron chi connectivity index (χ3n) is 6.32. The molecule has 210 valence electrons. The van der Waals surface area contributed by atoms with Crippen LogP contribution in [0.5, 0.6) is 0 Å². The minimum absolute atomic E-state index is 0. The lowest BCUT2D eigenvalue weighted by Gasteiger charge is -2.23. The minimum atomic E-state index is -3.62. The van der Waals surface area contributed by atoms with Gasteiger partial charge in [-0.1, -0.05) is 44.1 Å². The van der Waals surface area contributed by atoms with Crippen LogP contribution >= 0.6 is 23.7 Å². The molecule has 0 aliphatic carbocycles. The van der Waals surface area contributed by atoms with Crippen LogP contribution in [0.3, 0.4) is 0 Å². The maximum atomic E-state index is 13.7. The highest BCUT2D eigenvalue weighted by Gasteiger charge is 2.26. The average Bonchev–Trinajstić information content (AvgIpc) is 3.28. The van der Waals surface area contributed by atoms with Crippen LogP contribution in [0.15, 0.2) is 41.3 Å². The first-order valence-electron chi connectivity index (χ1n) is 13.0. The molecule has 1 aromatic heterocycles. The van der Waals surface area contributed by atoms with Crippen LogP contribution in [0, 0.1) is 13.8 Å². The lowest BCUT2D eigenvalue weighted by Crippen LogP contribution is -2.37. The quantitative estimate of drug-likeness (QED) is 0.243. The van der Waals surface area contributed by atoms with Crippen molar-refractivity contribution < 1.29 is 13.2 Å². The molecule has 3 rings (SSSR count). The van der Waals surface area contributed by atoms with Gasteiger partial charge < -0.3 is 4.90 Å². The summed E-state index contributed by atoms with van der Waals surface area (Å²) in [5, 5.41) is 0.651. The SMILES string of the molecule is CCCCN(CCCC)S(=O)(=O)c1ccc(C(=O)N(CCN(C)C)c2nc3cc(C)cc(C)c3s2)cc1.Cl. The van der Waals surface area contributed by atoms with E-state index >= 15 is 0 Å². The fraction of sp³-hybridized carbons (Fsp3) is 0.500. The van der Waals surface area contributed by atoms with Crippen LogP contribution in [-0.4, -0.2) is 68.8 Å². The van der Waals surface area contributed by atoms with Gasteiger partial charge in [-0.3, -0.25) is 9.69 Å². The number of hydrogen-bond donors (Lipinski definition) is 0. The van der Waals surface area contributed by atoms with E-state index in [4.69, 9.17) is 4.98 Å². The maximum absolute atomic E-state index is 13.7. The van der Waals surface area contributed by atoms with Crippen LogP contribution in [0.1, 0.15) is 61.0 Å². The normalized spacial score (nSPS) is 11.8. The van der Waals surface area contributed by atoms with E-state index in [0.717, 1.165) is 47.0 Å². The summed E-state index contributed by atoms with van der Waals surface area (Å²) in [6.45, 7) is 10.4. The van der Waals surface area contributed by atoms with Gasteiger partial charge in [-0.05, 0) is 82.2 Å². The molecule has 38 heavy (non-hydrogen) atoms. The molecule has 0 bridgehead atoms. The van der Waals surface area contributed by atoms with Gasteiger partial charge in [0.05, 0.1) is 15.1 Å². The van der Waals surface area contributed by atoms with E-state index in [-0.39, 0.29) is 23.2 Å². The maximum Gasteiger partial charge on any atom is 0.260 e. The van der Waals surface area contributed by atoms with Gasteiger partial charge in [0.2, 0.25) is 10.0 Å². The van der Waals surface area contributed by atoms with E-state index < -0.39 is 10.0 Å². The molecule has 0 saturated carbocycles. The lowest BCUT2D eigenvalue weighted by atomic mass is 10.1. The molecule has 0 aliphatic rings. The number of rotatable bonds is 13. The molecule has 2 aromatic carbocycles. The Morgan fingerprint density at radius 2 is 1.53 bits per heavy atom. The molecular weight excluding hydrogens is 540 g/mol. The minimum Gasteiger partial charge on any atom is -0.308 e. The molecule has 0 aliphatic heterocycles. The number of aryl methyl sites for hydroxylation is 2. The molecule has 0 fully saturated rings. The van der Waals surface area contributed by atoms with E-state index in [1.807, 2.05) is 32.0 Å². The average molecular weight is 581 g/mol. The van der Waals surface area contributed by atoms with E-state index in [1.54, 1.807) is 33.5 Å². The van der Waals surface area contributed by atoms with Crippen LogP contribution in [0.4, 0.5) is 5.13 Å². The number of fused-ring (bicyclic) bond motifs is 1. The molecule has 10 heteroatoms. The molecular formula is C28H41ClN4O3S2. The monoisotopic (exact) mass is 580 g/mol. The van der Waals surface area contributed by atoms with Crippen LogP contribution < -0.4 is 4.90 Å². The van der Waals surface area contributed by atoms with Gasteiger partial charge in [-0.15, -0.1) is 12.4 Å². The van der Waals surface area contributed by atoms with Gasteiger partial charge in [0.15, 0.2) is 5.13 Å². The van der Waals surface area contributed by atoms with Crippen molar-refractivity contribution in [2.45, 2.75) is 58.3 Å². The summed E-state index contributed by atoms with van der Waals surface area (Å²) in [5.74, 6) is -0.187. The van der Waals surface area contributed by atoms with Crippen molar-refractivity contribution >= 4 is 55.0 Å². The zero-order chi connectivity index (χ0) is 27.2. The topological polar surface area (TPSA) is 73.8 Å². The summed E-state index contributed by atoms with van der Waals surface area (Å²) < 4.78 is 29.3. The smallest absolute Gasteiger partial charge is 0.260 e. The highest BCUT2D eigenvalue weighted by molar-refractivity contribution is 7.89. The Hall–Kier alpha value is -2.04. The largest absolute Gasteiger partial charge is 0.308 e. The second kappa shape index (κ2) is 14.4. The number of likely N-dealkylation sites (N-methyl/N-ethyl adjacent to an activating group) is 1. The number of sulfonamides is 1. The molecule has 1 amide bonds. The number of thiazole rings is 1. The molecule has 0 atom stereocenters. The summed E-state index contributed by atoms with van der Waals surface area (Å²) in [6, 6.07) is 10.5. The molecule has 0 unspecified atom stereocenters. The van der Waals surface area contributed by atoms with Crippen molar-refractivity contribution in [3.8, 4) is 0 Å². The van der Waals surface area contributed by atoms with Gasteiger partial charge in [-0.2, -0.15) is 4.31 Å². The Balaban J connectivity index is 0.00000507. The Labute approximate surface area is 238 Å². The zero-order valence-corrected chi connectivity index (χ0v) is 25.8. The fourth-order valence-corrected chi connectivity index (χ4v) is 6.72. The van der Waals surface area contributed by atoms with E-state index in [0.29, 0.717) is 36.9 Å². The number of halogens is 1. The first kappa shape index (κ1) is 32.2. The van der Waals surface area contributed by atoms with E-state index in [9.17, 15) is 13.2 Å². The number of amides is 1. The summed E-state index contributed by atoms with van der Waals surface area (Å²) in [5.41, 5.74) is 3.61. The molecule has 3 aromatic rings. The van der Waals surface area contributed by atoms with E-state index in [1.165, 1.54) is 11.3 Å². The molecule has 0 radical (unpaired) electrons. The first-order valence-corrected chi connectivity index (χ1v) is 15.3.